The number of ether oxygens (including phenoxy) is 2. The molecule has 4 nitrogen and oxygen atoms in total. The van der Waals surface area contributed by atoms with Gasteiger partial charge in [0.25, 0.3) is 8.32 Å². The van der Waals surface area contributed by atoms with Crippen LogP contribution in [-0.2, 0) is 27.1 Å². The minimum absolute atomic E-state index is 0.143. The number of rotatable bonds is 14. The van der Waals surface area contributed by atoms with Crippen molar-refractivity contribution in [2.24, 2.45) is 0 Å². The molecule has 0 fully saturated rings. The van der Waals surface area contributed by atoms with Gasteiger partial charge in [-0.05, 0) is 26.5 Å². The van der Waals surface area contributed by atoms with Gasteiger partial charge >= 0.3 is 0 Å². The number of benzene rings is 4. The van der Waals surface area contributed by atoms with Crippen molar-refractivity contribution >= 4 is 18.7 Å². The summed E-state index contributed by atoms with van der Waals surface area (Å²) in [6.07, 6.45) is 1.09. The molecule has 0 aromatic heterocycles. The molecule has 4 aromatic carbocycles. The molecule has 2 atom stereocenters. The Bertz CT molecular complexity index is 1280. The molecule has 4 rings (SSSR count). The minimum Gasteiger partial charge on any atom is -0.378 e. The van der Waals surface area contributed by atoms with Gasteiger partial charge in [-0.3, -0.25) is 0 Å². The molecule has 0 saturated carbocycles. The fourth-order valence-electron chi connectivity index (χ4n) is 5.30. The summed E-state index contributed by atoms with van der Waals surface area (Å²) < 4.78 is 20.0. The van der Waals surface area contributed by atoms with E-state index < -0.39 is 20.2 Å². The Morgan fingerprint density at radius 3 is 1.59 bits per heavy atom. The third-order valence-corrected chi connectivity index (χ3v) is 12.4. The predicted molar refractivity (Wildman–Crippen MR) is 170 cm³/mol. The highest BCUT2D eigenvalue weighted by molar-refractivity contribution is 6.99. The summed E-state index contributed by atoms with van der Waals surface area (Å²) >= 11 is 0. The quantitative estimate of drug-likeness (QED) is 0.106. The van der Waals surface area contributed by atoms with Crippen LogP contribution >= 0.6 is 0 Å². The molecule has 0 aliphatic heterocycles. The van der Waals surface area contributed by atoms with Crippen molar-refractivity contribution in [2.45, 2.75) is 57.3 Å². The third kappa shape index (κ3) is 7.50. The van der Waals surface area contributed by atoms with E-state index >= 15 is 0 Å². The van der Waals surface area contributed by atoms with E-state index in [1.54, 1.807) is 6.08 Å². The fourth-order valence-corrected chi connectivity index (χ4v) is 9.97. The normalized spacial score (nSPS) is 14.2. The van der Waals surface area contributed by atoms with Gasteiger partial charge < -0.3 is 19.0 Å². The number of hydrogen-bond donors (Lipinski definition) is 1. The van der Waals surface area contributed by atoms with Crippen LogP contribution in [0.25, 0.3) is 0 Å². The van der Waals surface area contributed by atoms with Gasteiger partial charge in [-0.1, -0.05) is 148 Å². The van der Waals surface area contributed by atoms with Gasteiger partial charge in [0.15, 0.2) is 5.79 Å². The van der Waals surface area contributed by atoms with Gasteiger partial charge in [-0.25, -0.2) is 0 Å². The third-order valence-electron chi connectivity index (χ3n) is 7.36. The van der Waals surface area contributed by atoms with Gasteiger partial charge in [0, 0.05) is 6.42 Å². The van der Waals surface area contributed by atoms with Gasteiger partial charge in [-0.15, -0.1) is 6.58 Å². The highest BCUT2D eigenvalue weighted by atomic mass is 28.4. The molecule has 214 valence electrons. The van der Waals surface area contributed by atoms with Crippen LogP contribution in [0.1, 0.15) is 38.3 Å². The first-order chi connectivity index (χ1) is 19.8. The van der Waals surface area contributed by atoms with E-state index in [4.69, 9.17) is 13.9 Å². The lowest BCUT2D eigenvalue weighted by Crippen LogP contribution is -2.71. The van der Waals surface area contributed by atoms with E-state index in [-0.39, 0.29) is 18.1 Å². The summed E-state index contributed by atoms with van der Waals surface area (Å²) in [6.45, 7) is 11.4. The van der Waals surface area contributed by atoms with Gasteiger partial charge in [-0.2, -0.15) is 0 Å². The largest absolute Gasteiger partial charge is 0.378 e. The summed E-state index contributed by atoms with van der Waals surface area (Å²) in [5, 5.41) is 14.4. The van der Waals surface area contributed by atoms with Crippen LogP contribution in [0.5, 0.6) is 0 Å². The monoisotopic (exact) mass is 566 g/mol. The average Bonchev–Trinajstić information content (AvgIpc) is 2.99. The molecule has 4 aromatic rings. The van der Waals surface area contributed by atoms with E-state index in [1.807, 2.05) is 97.1 Å². The van der Waals surface area contributed by atoms with Crippen molar-refractivity contribution in [2.75, 3.05) is 6.61 Å². The molecular formula is C36H42O4Si. The molecular weight excluding hydrogens is 524 g/mol. The van der Waals surface area contributed by atoms with Crippen LogP contribution in [0.4, 0.5) is 0 Å². The van der Waals surface area contributed by atoms with Crippen molar-refractivity contribution in [3.05, 3.63) is 145 Å². The molecule has 41 heavy (non-hydrogen) atoms. The van der Waals surface area contributed by atoms with E-state index in [9.17, 15) is 5.11 Å². The molecule has 0 unspecified atom stereocenters. The molecule has 0 spiro atoms. The first kappa shape index (κ1) is 30.6. The van der Waals surface area contributed by atoms with Crippen LogP contribution in [0.3, 0.4) is 0 Å². The first-order valence-electron chi connectivity index (χ1n) is 14.2. The summed E-state index contributed by atoms with van der Waals surface area (Å²) in [6, 6.07) is 40.6. The van der Waals surface area contributed by atoms with Gasteiger partial charge in [0.2, 0.25) is 0 Å². The first-order valence-corrected chi connectivity index (χ1v) is 16.1. The van der Waals surface area contributed by atoms with Gasteiger partial charge in [0.05, 0.1) is 19.8 Å². The zero-order valence-electron chi connectivity index (χ0n) is 24.4. The molecule has 0 radical (unpaired) electrons. The van der Waals surface area contributed by atoms with Crippen LogP contribution in [-0.4, -0.2) is 31.9 Å². The zero-order valence-corrected chi connectivity index (χ0v) is 25.4. The maximum Gasteiger partial charge on any atom is 0.264 e. The maximum absolute atomic E-state index is 12.6. The van der Waals surface area contributed by atoms with Crippen molar-refractivity contribution < 1.29 is 19.0 Å². The second-order valence-corrected chi connectivity index (χ2v) is 15.6. The summed E-state index contributed by atoms with van der Waals surface area (Å²) in [4.78, 5) is 0. The lowest BCUT2D eigenvalue weighted by atomic mass is 10.1. The number of hydrogen-bond acceptors (Lipinski definition) is 4. The Morgan fingerprint density at radius 2 is 1.15 bits per heavy atom. The van der Waals surface area contributed by atoms with Crippen molar-refractivity contribution in [1.29, 1.82) is 0 Å². The van der Waals surface area contributed by atoms with E-state index in [2.05, 4.69) is 51.6 Å². The van der Waals surface area contributed by atoms with Crippen molar-refractivity contribution in [1.82, 2.24) is 0 Å². The Kier molecular flexibility index (Phi) is 10.5. The lowest BCUT2D eigenvalue weighted by Gasteiger charge is -2.49. The van der Waals surface area contributed by atoms with Crippen LogP contribution < -0.4 is 10.4 Å². The highest BCUT2D eigenvalue weighted by Gasteiger charge is 2.56. The second-order valence-electron chi connectivity index (χ2n) is 11.4. The van der Waals surface area contributed by atoms with E-state index in [0.717, 1.165) is 21.5 Å². The molecule has 5 heteroatoms. The number of aliphatic hydroxyl groups is 1. The molecule has 0 amide bonds. The van der Waals surface area contributed by atoms with Crippen molar-refractivity contribution in [3.8, 4) is 0 Å². The van der Waals surface area contributed by atoms with Crippen LogP contribution in [0.2, 0.25) is 5.04 Å². The van der Waals surface area contributed by atoms with E-state index in [0.29, 0.717) is 13.2 Å². The summed E-state index contributed by atoms with van der Waals surface area (Å²) in [5.74, 6) is -1.71. The van der Waals surface area contributed by atoms with E-state index in [1.165, 1.54) is 0 Å². The van der Waals surface area contributed by atoms with Crippen LogP contribution in [0.15, 0.2) is 134 Å². The molecule has 0 bridgehead atoms. The Balaban J connectivity index is 1.76. The molecule has 0 saturated heterocycles. The molecule has 0 heterocycles. The minimum atomic E-state index is -3.13. The zero-order chi connectivity index (χ0) is 29.2. The Hall–Kier alpha value is -3.32. The fraction of sp³-hybridized carbons (Fsp3) is 0.278. The SMILES string of the molecule is C=CC[C@@](O)(O[Si](c1ccccc1)(c1ccccc1)C(C)(C)C)[C@H](COCc1ccccc1)OCc1ccccc1. The van der Waals surface area contributed by atoms with Crippen molar-refractivity contribution in [3.63, 3.8) is 0 Å². The second kappa shape index (κ2) is 14.0. The standard InChI is InChI=1S/C36H42O4Si/c1-5-26-36(37,34(39-28-31-20-12-7-13-21-31)29-38-27-30-18-10-6-11-19-30)40-41(35(2,3)4,32-22-14-8-15-23-32)33-24-16-9-17-25-33/h5-25,34,37H,1,26-29H2,2-4H3/t34-,36+/m0/s1. The lowest BCUT2D eigenvalue weighted by molar-refractivity contribution is -0.240. The Labute approximate surface area is 246 Å². The molecule has 0 aliphatic rings. The maximum atomic E-state index is 12.6. The molecule has 0 aliphatic carbocycles. The Morgan fingerprint density at radius 1 is 0.707 bits per heavy atom. The smallest absolute Gasteiger partial charge is 0.264 e. The average molecular weight is 567 g/mol. The topological polar surface area (TPSA) is 47.9 Å². The highest BCUT2D eigenvalue weighted by Crippen LogP contribution is 2.41. The summed E-state index contributed by atoms with van der Waals surface area (Å²) in [5.41, 5.74) is 2.06. The predicted octanol–water partition coefficient (Wildman–Crippen LogP) is 6.63. The molecule has 1 N–H and O–H groups in total. The summed E-state index contributed by atoms with van der Waals surface area (Å²) in [7, 11) is -3.13. The van der Waals surface area contributed by atoms with Gasteiger partial charge in [0.1, 0.15) is 6.10 Å². The van der Waals surface area contributed by atoms with Crippen LogP contribution in [0, 0.1) is 0 Å².